The molecule has 0 saturated carbocycles. The molecule has 100 valence electrons. The number of rotatable bonds is 3. The Balaban J connectivity index is 0.00000162. The zero-order chi connectivity index (χ0) is 12.3. The fraction of sp³-hybridized carbons (Fsp3) is 0.462. The zero-order valence-corrected chi connectivity index (χ0v) is 12.7. The number of aryl methyl sites for hydroxylation is 1. The first-order chi connectivity index (χ1) is 8.20. The number of carbonyl (C=O) groups excluding carboxylic acids is 1. The lowest BCUT2D eigenvalue weighted by Crippen LogP contribution is -2.25. The van der Waals surface area contributed by atoms with Crippen molar-refractivity contribution >= 4 is 39.9 Å². The van der Waals surface area contributed by atoms with Crippen LogP contribution in [0.4, 0.5) is 5.69 Å². The third-order valence-corrected chi connectivity index (χ3v) is 3.63. The zero-order valence-electron chi connectivity index (χ0n) is 10.3. The first-order valence-electron chi connectivity index (χ1n) is 6.00. The summed E-state index contributed by atoms with van der Waals surface area (Å²) in [7, 11) is 0. The molecule has 1 aliphatic heterocycles. The molecule has 1 aromatic rings. The number of benzene rings is 1. The van der Waals surface area contributed by atoms with Gasteiger partial charge in [-0.1, -0.05) is 22.9 Å². The smallest absolute Gasteiger partial charge is 0.228 e. The van der Waals surface area contributed by atoms with Gasteiger partial charge in [0, 0.05) is 16.7 Å². The van der Waals surface area contributed by atoms with Gasteiger partial charge in [-0.2, -0.15) is 0 Å². The minimum atomic E-state index is 0. The minimum absolute atomic E-state index is 0. The molecule has 0 spiro atoms. The summed E-state index contributed by atoms with van der Waals surface area (Å²) in [6.45, 7) is 3.83. The third kappa shape index (κ3) is 3.70. The number of hydrogen-bond donors (Lipinski definition) is 2. The molecule has 18 heavy (non-hydrogen) atoms. The second-order valence-electron chi connectivity index (χ2n) is 4.33. The van der Waals surface area contributed by atoms with Gasteiger partial charge in [0.15, 0.2) is 0 Å². The molecule has 1 aromatic carbocycles. The second-order valence-corrected chi connectivity index (χ2v) is 5.25. The predicted octanol–water partition coefficient (Wildman–Crippen LogP) is 2.98. The van der Waals surface area contributed by atoms with E-state index < -0.39 is 0 Å². The number of amides is 1. The molecule has 1 fully saturated rings. The Hall–Kier alpha value is -0.580. The molecule has 2 N–H and O–H groups in total. The van der Waals surface area contributed by atoms with Crippen molar-refractivity contribution in [1.29, 1.82) is 0 Å². The maximum absolute atomic E-state index is 12.0. The minimum Gasteiger partial charge on any atom is -0.326 e. The molecular weight excluding hydrogens is 316 g/mol. The second kappa shape index (κ2) is 7.12. The molecule has 3 nitrogen and oxygen atoms in total. The van der Waals surface area contributed by atoms with Gasteiger partial charge in [0.25, 0.3) is 0 Å². The summed E-state index contributed by atoms with van der Waals surface area (Å²) in [5.41, 5.74) is 2.10. The van der Waals surface area contributed by atoms with E-state index in [1.807, 2.05) is 12.1 Å². The summed E-state index contributed by atoms with van der Waals surface area (Å²) in [6, 6.07) is 5.98. The molecule has 1 amide bonds. The first kappa shape index (κ1) is 15.5. The van der Waals surface area contributed by atoms with Gasteiger partial charge in [-0.15, -0.1) is 12.4 Å². The number of nitrogens with one attached hydrogen (secondary N) is 2. The molecule has 5 heteroatoms. The van der Waals surface area contributed by atoms with Gasteiger partial charge in [0.05, 0.1) is 5.92 Å². The van der Waals surface area contributed by atoms with Crippen LogP contribution in [0.15, 0.2) is 22.7 Å². The van der Waals surface area contributed by atoms with Gasteiger partial charge in [0.1, 0.15) is 0 Å². The first-order valence-corrected chi connectivity index (χ1v) is 6.80. The molecule has 1 heterocycles. The lowest BCUT2D eigenvalue weighted by molar-refractivity contribution is -0.119. The van der Waals surface area contributed by atoms with E-state index in [4.69, 9.17) is 0 Å². The van der Waals surface area contributed by atoms with E-state index in [9.17, 15) is 4.79 Å². The third-order valence-electron chi connectivity index (χ3n) is 3.14. The lowest BCUT2D eigenvalue weighted by atomic mass is 10.1. The summed E-state index contributed by atoms with van der Waals surface area (Å²) in [5.74, 6) is 0.246. The van der Waals surface area contributed by atoms with E-state index in [0.29, 0.717) is 0 Å². The van der Waals surface area contributed by atoms with Gasteiger partial charge in [0.2, 0.25) is 5.91 Å². The standard InChI is InChI=1S/C13H17BrN2O.ClH/c1-2-9-7-11(14)3-4-12(9)16-13(17)10-5-6-15-8-10;/h3-4,7,10,15H,2,5-6,8H2,1H3,(H,16,17);1H. The molecule has 2 rings (SSSR count). The van der Waals surface area contributed by atoms with E-state index in [-0.39, 0.29) is 24.2 Å². The Kier molecular flexibility index (Phi) is 6.12. The normalized spacial score (nSPS) is 18.2. The molecule has 1 atom stereocenters. The highest BCUT2D eigenvalue weighted by Crippen LogP contribution is 2.22. The maximum Gasteiger partial charge on any atom is 0.228 e. The van der Waals surface area contributed by atoms with Crippen molar-refractivity contribution in [3.05, 3.63) is 28.2 Å². The van der Waals surface area contributed by atoms with E-state index in [0.717, 1.165) is 36.1 Å². The maximum atomic E-state index is 12.0. The summed E-state index contributed by atoms with van der Waals surface area (Å²) in [6.07, 6.45) is 1.85. The van der Waals surface area contributed by atoms with E-state index in [2.05, 4.69) is 39.6 Å². The SMILES string of the molecule is CCc1cc(Br)ccc1NC(=O)C1CCNC1.Cl. The van der Waals surface area contributed by atoms with E-state index in [1.165, 1.54) is 5.56 Å². The largest absolute Gasteiger partial charge is 0.326 e. The highest BCUT2D eigenvalue weighted by atomic mass is 79.9. The van der Waals surface area contributed by atoms with Crippen LogP contribution in [0.2, 0.25) is 0 Å². The highest BCUT2D eigenvalue weighted by molar-refractivity contribution is 9.10. The topological polar surface area (TPSA) is 41.1 Å². The van der Waals surface area contributed by atoms with Gasteiger partial charge >= 0.3 is 0 Å². The molecule has 0 radical (unpaired) electrons. The van der Waals surface area contributed by atoms with Crippen LogP contribution in [-0.2, 0) is 11.2 Å². The van der Waals surface area contributed by atoms with Crippen molar-refractivity contribution < 1.29 is 4.79 Å². The number of anilines is 1. The summed E-state index contributed by atoms with van der Waals surface area (Å²) >= 11 is 3.45. The molecular formula is C13H18BrClN2O. The Morgan fingerprint density at radius 2 is 2.33 bits per heavy atom. The van der Waals surface area contributed by atoms with E-state index >= 15 is 0 Å². The van der Waals surface area contributed by atoms with Gasteiger partial charge in [-0.25, -0.2) is 0 Å². The van der Waals surface area contributed by atoms with Crippen molar-refractivity contribution in [1.82, 2.24) is 5.32 Å². The van der Waals surface area contributed by atoms with Crippen LogP contribution in [0.3, 0.4) is 0 Å². The fourth-order valence-corrected chi connectivity index (χ4v) is 2.50. The van der Waals surface area contributed by atoms with Crippen LogP contribution in [0.25, 0.3) is 0 Å². The lowest BCUT2D eigenvalue weighted by Gasteiger charge is -2.13. The number of halogens is 2. The van der Waals surface area contributed by atoms with Crippen LogP contribution in [0, 0.1) is 5.92 Å². The summed E-state index contributed by atoms with van der Waals surface area (Å²) in [5, 5.41) is 6.24. The quantitative estimate of drug-likeness (QED) is 0.893. The fourth-order valence-electron chi connectivity index (χ4n) is 2.09. The van der Waals surface area contributed by atoms with Crippen LogP contribution < -0.4 is 10.6 Å². The number of carbonyl (C=O) groups is 1. The Morgan fingerprint density at radius 3 is 2.94 bits per heavy atom. The van der Waals surface area contributed by atoms with Gasteiger partial charge < -0.3 is 10.6 Å². The summed E-state index contributed by atoms with van der Waals surface area (Å²) in [4.78, 5) is 12.0. The Bertz CT molecular complexity index is 419. The molecule has 1 aliphatic rings. The average molecular weight is 334 g/mol. The molecule has 0 aromatic heterocycles. The molecule has 0 bridgehead atoms. The average Bonchev–Trinajstić information content (AvgIpc) is 2.85. The molecule has 1 saturated heterocycles. The Morgan fingerprint density at radius 1 is 1.56 bits per heavy atom. The van der Waals surface area contributed by atoms with Crippen molar-refractivity contribution in [2.45, 2.75) is 19.8 Å². The van der Waals surface area contributed by atoms with Crippen LogP contribution in [0.5, 0.6) is 0 Å². The van der Waals surface area contributed by atoms with Crippen LogP contribution in [0.1, 0.15) is 18.9 Å². The Labute approximate surface area is 122 Å². The molecule has 1 unspecified atom stereocenters. The van der Waals surface area contributed by atoms with E-state index in [1.54, 1.807) is 0 Å². The predicted molar refractivity (Wildman–Crippen MR) is 80.4 cm³/mol. The van der Waals surface area contributed by atoms with Gasteiger partial charge in [-0.3, -0.25) is 4.79 Å². The van der Waals surface area contributed by atoms with Crippen molar-refractivity contribution in [3.63, 3.8) is 0 Å². The van der Waals surface area contributed by atoms with Gasteiger partial charge in [-0.05, 0) is 43.1 Å². The van der Waals surface area contributed by atoms with Crippen molar-refractivity contribution in [2.24, 2.45) is 5.92 Å². The highest BCUT2D eigenvalue weighted by Gasteiger charge is 2.22. The van der Waals surface area contributed by atoms with Crippen LogP contribution >= 0.6 is 28.3 Å². The molecule has 0 aliphatic carbocycles. The summed E-state index contributed by atoms with van der Waals surface area (Å²) < 4.78 is 1.05. The monoisotopic (exact) mass is 332 g/mol. The number of hydrogen-bond acceptors (Lipinski definition) is 2. The van der Waals surface area contributed by atoms with Crippen molar-refractivity contribution in [3.8, 4) is 0 Å². The van der Waals surface area contributed by atoms with Crippen molar-refractivity contribution in [2.75, 3.05) is 18.4 Å². The van der Waals surface area contributed by atoms with Crippen LogP contribution in [-0.4, -0.2) is 19.0 Å².